The van der Waals surface area contributed by atoms with E-state index in [-0.39, 0.29) is 0 Å². The maximum absolute atomic E-state index is 4.36. The summed E-state index contributed by atoms with van der Waals surface area (Å²) in [6.45, 7) is 6.64. The number of hydrogen-bond acceptors (Lipinski definition) is 1. The van der Waals surface area contributed by atoms with Crippen LogP contribution in [0.2, 0.25) is 0 Å². The molecule has 0 bridgehead atoms. The highest BCUT2D eigenvalue weighted by molar-refractivity contribution is 5.09. The molecule has 1 rings (SSSR count). The van der Waals surface area contributed by atoms with E-state index in [9.17, 15) is 0 Å². The fourth-order valence-electron chi connectivity index (χ4n) is 1.87. The number of rotatable bonds is 5. The highest BCUT2D eigenvalue weighted by Gasteiger charge is 2.07. The van der Waals surface area contributed by atoms with Gasteiger partial charge in [-0.05, 0) is 25.3 Å². The van der Waals surface area contributed by atoms with Gasteiger partial charge in [0.15, 0.2) is 0 Å². The SMILES string of the molecule is CCCCC(C)Cc1cc(C)nn1C. The summed E-state index contributed by atoms with van der Waals surface area (Å²) in [5.74, 6) is 0.782. The highest BCUT2D eigenvalue weighted by Crippen LogP contribution is 2.14. The minimum atomic E-state index is 0.782. The summed E-state index contributed by atoms with van der Waals surface area (Å²) in [7, 11) is 2.04. The lowest BCUT2D eigenvalue weighted by atomic mass is 9.99. The van der Waals surface area contributed by atoms with Crippen LogP contribution >= 0.6 is 0 Å². The van der Waals surface area contributed by atoms with Crippen molar-refractivity contribution in [3.63, 3.8) is 0 Å². The summed E-state index contributed by atoms with van der Waals surface area (Å²) in [4.78, 5) is 0. The zero-order valence-electron chi connectivity index (χ0n) is 9.88. The van der Waals surface area contributed by atoms with Gasteiger partial charge in [-0.3, -0.25) is 4.68 Å². The fourth-order valence-corrected chi connectivity index (χ4v) is 1.87. The molecule has 0 saturated carbocycles. The smallest absolute Gasteiger partial charge is 0.0596 e. The van der Waals surface area contributed by atoms with Crippen LogP contribution in [0.3, 0.4) is 0 Å². The predicted molar refractivity (Wildman–Crippen MR) is 60.3 cm³/mol. The molecule has 1 aromatic rings. The first-order chi connectivity index (χ1) is 6.63. The van der Waals surface area contributed by atoms with E-state index >= 15 is 0 Å². The Morgan fingerprint density at radius 3 is 2.71 bits per heavy atom. The van der Waals surface area contributed by atoms with Crippen LogP contribution in [0.1, 0.15) is 44.5 Å². The normalized spacial score (nSPS) is 13.1. The molecule has 0 amide bonds. The third-order valence-electron chi connectivity index (χ3n) is 2.71. The van der Waals surface area contributed by atoms with Crippen LogP contribution in [0, 0.1) is 12.8 Å². The highest BCUT2D eigenvalue weighted by atomic mass is 15.3. The molecular weight excluding hydrogens is 172 g/mol. The van der Waals surface area contributed by atoms with Crippen molar-refractivity contribution in [3.8, 4) is 0 Å². The quantitative estimate of drug-likeness (QED) is 0.704. The van der Waals surface area contributed by atoms with Gasteiger partial charge in [-0.25, -0.2) is 0 Å². The number of unbranched alkanes of at least 4 members (excludes halogenated alkanes) is 1. The third kappa shape index (κ3) is 3.17. The molecule has 0 aliphatic heterocycles. The largest absolute Gasteiger partial charge is 0.272 e. The van der Waals surface area contributed by atoms with E-state index in [0.29, 0.717) is 0 Å². The van der Waals surface area contributed by atoms with Gasteiger partial charge < -0.3 is 0 Å². The van der Waals surface area contributed by atoms with Crippen molar-refractivity contribution in [1.29, 1.82) is 0 Å². The zero-order valence-corrected chi connectivity index (χ0v) is 9.88. The van der Waals surface area contributed by atoms with Gasteiger partial charge in [-0.1, -0.05) is 33.1 Å². The number of aryl methyl sites for hydroxylation is 2. The molecule has 80 valence electrons. The second kappa shape index (κ2) is 5.18. The molecule has 2 nitrogen and oxygen atoms in total. The van der Waals surface area contributed by atoms with Gasteiger partial charge in [-0.15, -0.1) is 0 Å². The van der Waals surface area contributed by atoms with Gasteiger partial charge in [-0.2, -0.15) is 5.10 Å². The summed E-state index contributed by atoms with van der Waals surface area (Å²) in [5, 5.41) is 4.36. The first-order valence-electron chi connectivity index (χ1n) is 5.63. The molecular formula is C12H22N2. The average Bonchev–Trinajstić information content (AvgIpc) is 2.42. The van der Waals surface area contributed by atoms with E-state index in [1.54, 1.807) is 0 Å². The second-order valence-electron chi connectivity index (χ2n) is 4.35. The van der Waals surface area contributed by atoms with Crippen molar-refractivity contribution in [2.45, 2.75) is 46.5 Å². The number of aromatic nitrogens is 2. The fraction of sp³-hybridized carbons (Fsp3) is 0.750. The van der Waals surface area contributed by atoms with Crippen LogP contribution < -0.4 is 0 Å². The van der Waals surface area contributed by atoms with Crippen molar-refractivity contribution >= 4 is 0 Å². The van der Waals surface area contributed by atoms with E-state index in [0.717, 1.165) is 18.0 Å². The summed E-state index contributed by atoms with van der Waals surface area (Å²) in [6, 6.07) is 2.20. The predicted octanol–water partition coefficient (Wildman–Crippen LogP) is 3.10. The lowest BCUT2D eigenvalue weighted by molar-refractivity contribution is 0.487. The molecule has 1 unspecified atom stereocenters. The van der Waals surface area contributed by atoms with E-state index in [1.165, 1.54) is 25.0 Å². The van der Waals surface area contributed by atoms with E-state index in [4.69, 9.17) is 0 Å². The first-order valence-corrected chi connectivity index (χ1v) is 5.63. The van der Waals surface area contributed by atoms with Crippen molar-refractivity contribution < 1.29 is 0 Å². The molecule has 2 heteroatoms. The molecule has 0 saturated heterocycles. The standard InChI is InChI=1S/C12H22N2/c1-5-6-7-10(2)8-12-9-11(3)13-14(12)4/h9-10H,5-8H2,1-4H3. The van der Waals surface area contributed by atoms with Crippen LogP contribution in [0.5, 0.6) is 0 Å². The average molecular weight is 194 g/mol. The van der Waals surface area contributed by atoms with Gasteiger partial charge in [0.05, 0.1) is 5.69 Å². The molecule has 1 aromatic heterocycles. The summed E-state index contributed by atoms with van der Waals surface area (Å²) in [6.07, 6.45) is 5.14. The van der Waals surface area contributed by atoms with Crippen LogP contribution in [-0.2, 0) is 13.5 Å². The van der Waals surface area contributed by atoms with Gasteiger partial charge in [0, 0.05) is 12.7 Å². The lowest BCUT2D eigenvalue weighted by Gasteiger charge is -2.10. The van der Waals surface area contributed by atoms with E-state index in [1.807, 2.05) is 11.7 Å². The molecule has 0 aromatic carbocycles. The molecule has 1 atom stereocenters. The summed E-state index contributed by atoms with van der Waals surface area (Å²) in [5.41, 5.74) is 2.50. The Labute approximate surface area is 87.3 Å². The molecule has 0 aliphatic rings. The Kier molecular flexibility index (Phi) is 4.18. The molecule has 0 N–H and O–H groups in total. The van der Waals surface area contributed by atoms with Crippen molar-refractivity contribution in [1.82, 2.24) is 9.78 Å². The minimum absolute atomic E-state index is 0.782. The Morgan fingerprint density at radius 2 is 2.21 bits per heavy atom. The Balaban J connectivity index is 2.47. The minimum Gasteiger partial charge on any atom is -0.272 e. The topological polar surface area (TPSA) is 17.8 Å². The van der Waals surface area contributed by atoms with Crippen molar-refractivity contribution in [2.75, 3.05) is 0 Å². The van der Waals surface area contributed by atoms with Crippen LogP contribution in [-0.4, -0.2) is 9.78 Å². The monoisotopic (exact) mass is 194 g/mol. The Morgan fingerprint density at radius 1 is 1.50 bits per heavy atom. The third-order valence-corrected chi connectivity index (χ3v) is 2.71. The van der Waals surface area contributed by atoms with E-state index in [2.05, 4.69) is 31.9 Å². The number of hydrogen-bond donors (Lipinski definition) is 0. The first kappa shape index (κ1) is 11.3. The molecule has 0 aliphatic carbocycles. The Bertz CT molecular complexity index is 276. The maximum atomic E-state index is 4.36. The second-order valence-corrected chi connectivity index (χ2v) is 4.35. The number of nitrogens with zero attached hydrogens (tertiary/aromatic N) is 2. The van der Waals surface area contributed by atoms with Gasteiger partial charge in [0.1, 0.15) is 0 Å². The lowest BCUT2D eigenvalue weighted by Crippen LogP contribution is -2.05. The molecule has 0 spiro atoms. The van der Waals surface area contributed by atoms with Gasteiger partial charge >= 0.3 is 0 Å². The zero-order chi connectivity index (χ0) is 10.6. The molecule has 1 heterocycles. The maximum Gasteiger partial charge on any atom is 0.0596 e. The van der Waals surface area contributed by atoms with Crippen molar-refractivity contribution in [2.24, 2.45) is 13.0 Å². The Hall–Kier alpha value is -0.790. The van der Waals surface area contributed by atoms with Crippen LogP contribution in [0.4, 0.5) is 0 Å². The van der Waals surface area contributed by atoms with Crippen LogP contribution in [0.25, 0.3) is 0 Å². The van der Waals surface area contributed by atoms with E-state index < -0.39 is 0 Å². The summed E-state index contributed by atoms with van der Waals surface area (Å²) < 4.78 is 2.01. The molecule has 0 fully saturated rings. The van der Waals surface area contributed by atoms with Gasteiger partial charge in [0.25, 0.3) is 0 Å². The van der Waals surface area contributed by atoms with Gasteiger partial charge in [0.2, 0.25) is 0 Å². The molecule has 0 radical (unpaired) electrons. The molecule has 14 heavy (non-hydrogen) atoms. The summed E-state index contributed by atoms with van der Waals surface area (Å²) >= 11 is 0. The van der Waals surface area contributed by atoms with Crippen molar-refractivity contribution in [3.05, 3.63) is 17.5 Å². The van der Waals surface area contributed by atoms with Crippen LogP contribution in [0.15, 0.2) is 6.07 Å².